The fourth-order valence-corrected chi connectivity index (χ4v) is 4.30. The van der Waals surface area contributed by atoms with Gasteiger partial charge in [-0.25, -0.2) is 0 Å². The molecule has 1 aliphatic carbocycles. The van der Waals surface area contributed by atoms with E-state index >= 15 is 0 Å². The molecular weight excluding hydrogens is 336 g/mol. The third-order valence-corrected chi connectivity index (χ3v) is 5.97. The zero-order chi connectivity index (χ0) is 19.1. The molecule has 1 aromatic rings. The van der Waals surface area contributed by atoms with E-state index < -0.39 is 0 Å². The molecule has 1 aromatic carbocycles. The van der Waals surface area contributed by atoms with E-state index in [0.717, 1.165) is 25.9 Å². The number of hydrogen-bond donors (Lipinski definition) is 0. The maximum absolute atomic E-state index is 12.9. The maximum Gasteiger partial charge on any atom is 0.237 e. The fraction of sp³-hybridized carbons (Fsp3) is 0.696. The van der Waals surface area contributed by atoms with Crippen LogP contribution in [0, 0.1) is 0 Å². The van der Waals surface area contributed by atoms with E-state index in [1.54, 1.807) is 0 Å². The predicted octanol–water partition coefficient (Wildman–Crippen LogP) is 4.24. The third kappa shape index (κ3) is 6.32. The number of nitrogens with zero attached hydrogens (tertiary/aromatic N) is 2. The van der Waals surface area contributed by atoms with Crippen LogP contribution in [0.2, 0.25) is 0 Å². The Bertz CT molecular complexity index is 561. The molecule has 27 heavy (non-hydrogen) atoms. The lowest BCUT2D eigenvalue weighted by molar-refractivity contribution is -0.135. The summed E-state index contributed by atoms with van der Waals surface area (Å²) < 4.78 is 6.33. The minimum atomic E-state index is 0.213. The number of likely N-dealkylation sites (tertiary alicyclic amines) is 1. The van der Waals surface area contributed by atoms with Gasteiger partial charge in [-0.05, 0) is 45.1 Å². The van der Waals surface area contributed by atoms with Crippen molar-refractivity contribution in [1.82, 2.24) is 9.80 Å². The molecule has 1 saturated carbocycles. The Morgan fingerprint density at radius 1 is 1.04 bits per heavy atom. The molecule has 1 amide bonds. The Morgan fingerprint density at radius 2 is 1.67 bits per heavy atom. The average Bonchev–Trinajstić information content (AvgIpc) is 2.69. The summed E-state index contributed by atoms with van der Waals surface area (Å²) >= 11 is 0. The lowest BCUT2D eigenvalue weighted by Gasteiger charge is -2.36. The number of carbonyl (C=O) groups excluding carboxylic acids is 1. The van der Waals surface area contributed by atoms with Crippen LogP contribution in [-0.2, 0) is 16.1 Å². The van der Waals surface area contributed by atoms with Gasteiger partial charge in [0.25, 0.3) is 0 Å². The van der Waals surface area contributed by atoms with Gasteiger partial charge in [0.15, 0.2) is 0 Å². The fourth-order valence-electron chi connectivity index (χ4n) is 4.30. The van der Waals surface area contributed by atoms with E-state index in [9.17, 15) is 4.79 Å². The van der Waals surface area contributed by atoms with Crippen LogP contribution in [0.5, 0.6) is 0 Å². The lowest BCUT2D eigenvalue weighted by atomic mass is 9.97. The molecule has 0 N–H and O–H groups in total. The van der Waals surface area contributed by atoms with E-state index in [-0.39, 0.29) is 11.9 Å². The van der Waals surface area contributed by atoms with E-state index in [0.29, 0.717) is 25.3 Å². The number of amides is 1. The van der Waals surface area contributed by atoms with Crippen LogP contribution in [0.15, 0.2) is 30.3 Å². The van der Waals surface area contributed by atoms with Crippen molar-refractivity contribution in [3.8, 4) is 0 Å². The Kier molecular flexibility index (Phi) is 7.71. The summed E-state index contributed by atoms with van der Waals surface area (Å²) in [4.78, 5) is 17.2. The largest absolute Gasteiger partial charge is 0.375 e. The summed E-state index contributed by atoms with van der Waals surface area (Å²) in [6.45, 7) is 7.37. The first kappa shape index (κ1) is 20.3. The molecule has 1 heterocycles. The summed E-state index contributed by atoms with van der Waals surface area (Å²) in [5.74, 6) is 0.237. The van der Waals surface area contributed by atoms with Gasteiger partial charge in [0.2, 0.25) is 5.91 Å². The topological polar surface area (TPSA) is 32.8 Å². The molecule has 1 aliphatic heterocycles. The van der Waals surface area contributed by atoms with Crippen molar-refractivity contribution in [2.45, 2.75) is 83.6 Å². The summed E-state index contributed by atoms with van der Waals surface area (Å²) in [5.41, 5.74) is 1.19. The SMILES string of the molecule is CC(C)N(Cc1ccccc1)C(=O)CN1CCC(OC2CCCCC2)CC1. The highest BCUT2D eigenvalue weighted by atomic mass is 16.5. The van der Waals surface area contributed by atoms with Gasteiger partial charge in [-0.15, -0.1) is 0 Å². The van der Waals surface area contributed by atoms with E-state index in [2.05, 4.69) is 30.9 Å². The molecule has 4 nitrogen and oxygen atoms in total. The third-order valence-electron chi connectivity index (χ3n) is 5.97. The summed E-state index contributed by atoms with van der Waals surface area (Å²) in [7, 11) is 0. The van der Waals surface area contributed by atoms with Crippen molar-refractivity contribution in [1.29, 1.82) is 0 Å². The molecule has 3 rings (SSSR count). The molecule has 1 saturated heterocycles. The second kappa shape index (κ2) is 10.2. The van der Waals surface area contributed by atoms with Gasteiger partial charge in [-0.3, -0.25) is 9.69 Å². The summed E-state index contributed by atoms with van der Waals surface area (Å²) in [6, 6.07) is 10.5. The highest BCUT2D eigenvalue weighted by Crippen LogP contribution is 2.24. The molecule has 150 valence electrons. The number of piperidine rings is 1. The predicted molar refractivity (Wildman–Crippen MR) is 110 cm³/mol. The molecule has 0 aromatic heterocycles. The van der Waals surface area contributed by atoms with Crippen molar-refractivity contribution < 1.29 is 9.53 Å². The second-order valence-corrected chi connectivity index (χ2v) is 8.47. The molecule has 0 radical (unpaired) electrons. The molecule has 0 atom stereocenters. The van der Waals surface area contributed by atoms with E-state index in [1.807, 2.05) is 23.1 Å². The van der Waals surface area contributed by atoms with Crippen LogP contribution in [0.1, 0.15) is 64.4 Å². The number of benzene rings is 1. The molecular formula is C23H36N2O2. The van der Waals surface area contributed by atoms with Gasteiger partial charge in [0.05, 0.1) is 18.8 Å². The normalized spacial score (nSPS) is 20.1. The van der Waals surface area contributed by atoms with Gasteiger partial charge in [0.1, 0.15) is 0 Å². The Balaban J connectivity index is 1.44. The zero-order valence-corrected chi connectivity index (χ0v) is 17.1. The average molecular weight is 373 g/mol. The van der Waals surface area contributed by atoms with Crippen molar-refractivity contribution in [2.24, 2.45) is 0 Å². The van der Waals surface area contributed by atoms with Crippen LogP contribution >= 0.6 is 0 Å². The van der Waals surface area contributed by atoms with Crippen molar-refractivity contribution in [3.63, 3.8) is 0 Å². The van der Waals surface area contributed by atoms with E-state index in [1.165, 1.54) is 37.7 Å². The summed E-state index contributed by atoms with van der Waals surface area (Å²) in [5, 5.41) is 0. The van der Waals surface area contributed by atoms with Gasteiger partial charge in [-0.2, -0.15) is 0 Å². The van der Waals surface area contributed by atoms with Crippen LogP contribution in [0.3, 0.4) is 0 Å². The second-order valence-electron chi connectivity index (χ2n) is 8.47. The van der Waals surface area contributed by atoms with Gasteiger partial charge in [-0.1, -0.05) is 49.6 Å². The first-order valence-corrected chi connectivity index (χ1v) is 10.8. The molecule has 2 aliphatic rings. The maximum atomic E-state index is 12.9. The zero-order valence-electron chi connectivity index (χ0n) is 17.1. The van der Waals surface area contributed by atoms with Crippen molar-refractivity contribution in [2.75, 3.05) is 19.6 Å². The summed E-state index contributed by atoms with van der Waals surface area (Å²) in [6.07, 6.45) is 9.49. The smallest absolute Gasteiger partial charge is 0.237 e. The minimum absolute atomic E-state index is 0.213. The van der Waals surface area contributed by atoms with Gasteiger partial charge < -0.3 is 9.64 Å². The molecule has 0 spiro atoms. The molecule has 2 fully saturated rings. The highest BCUT2D eigenvalue weighted by molar-refractivity contribution is 5.78. The van der Waals surface area contributed by atoms with Crippen LogP contribution in [0.4, 0.5) is 0 Å². The van der Waals surface area contributed by atoms with E-state index in [4.69, 9.17) is 4.74 Å². The van der Waals surface area contributed by atoms with Crippen LogP contribution in [0.25, 0.3) is 0 Å². The first-order chi connectivity index (χ1) is 13.1. The quantitative estimate of drug-likeness (QED) is 0.718. The van der Waals surface area contributed by atoms with Gasteiger partial charge in [0, 0.05) is 25.7 Å². The Labute approximate surface area is 164 Å². The standard InChI is InChI=1S/C23H36N2O2/c1-19(2)25(17-20-9-5-3-6-10-20)23(26)18-24-15-13-22(14-16-24)27-21-11-7-4-8-12-21/h3,5-6,9-10,19,21-22H,4,7-8,11-18H2,1-2H3. The lowest BCUT2D eigenvalue weighted by Crippen LogP contribution is -2.46. The minimum Gasteiger partial charge on any atom is -0.375 e. The first-order valence-electron chi connectivity index (χ1n) is 10.8. The molecule has 0 unspecified atom stereocenters. The number of ether oxygens (including phenoxy) is 1. The Hall–Kier alpha value is -1.39. The monoisotopic (exact) mass is 372 g/mol. The van der Waals surface area contributed by atoms with Crippen LogP contribution in [-0.4, -0.2) is 53.6 Å². The number of hydrogen-bond acceptors (Lipinski definition) is 3. The number of carbonyl (C=O) groups is 1. The molecule has 0 bridgehead atoms. The molecule has 4 heteroatoms. The van der Waals surface area contributed by atoms with Gasteiger partial charge >= 0.3 is 0 Å². The Morgan fingerprint density at radius 3 is 2.30 bits per heavy atom. The van der Waals surface area contributed by atoms with Crippen LogP contribution < -0.4 is 0 Å². The number of rotatable bonds is 7. The highest BCUT2D eigenvalue weighted by Gasteiger charge is 2.26. The van der Waals surface area contributed by atoms with Crippen molar-refractivity contribution >= 4 is 5.91 Å². The van der Waals surface area contributed by atoms with Crippen molar-refractivity contribution in [3.05, 3.63) is 35.9 Å².